The Kier molecular flexibility index (Phi) is 4.89. The summed E-state index contributed by atoms with van der Waals surface area (Å²) in [5, 5.41) is 0.941. The van der Waals surface area contributed by atoms with Crippen molar-refractivity contribution in [3.63, 3.8) is 0 Å². The highest BCUT2D eigenvalue weighted by Crippen LogP contribution is 2.24. The van der Waals surface area contributed by atoms with Gasteiger partial charge in [-0.3, -0.25) is 0 Å². The van der Waals surface area contributed by atoms with Crippen molar-refractivity contribution >= 4 is 43.7 Å². The molecule has 1 fully saturated rings. The highest BCUT2D eigenvalue weighted by Gasteiger charge is 2.25. The molecule has 0 bridgehead atoms. The lowest BCUT2D eigenvalue weighted by Gasteiger charge is -2.25. The van der Waals surface area contributed by atoms with Gasteiger partial charge in [-0.2, -0.15) is 4.31 Å². The normalized spacial score (nSPS) is 16.5. The zero-order valence-corrected chi connectivity index (χ0v) is 16.0. The van der Waals surface area contributed by atoms with Crippen LogP contribution in [0, 0.1) is 0 Å². The standard InChI is InChI=1S/C20H20N2O2S2/c23-26(24,22-14-4-1-5-15-22)17-11-8-16(9-12-17)10-13-20-21-18-6-2-3-7-19(18)25-20/h2-3,6-13H,1,4-5,14-15H2/b13-10+. The number of hydrogen-bond acceptors (Lipinski definition) is 4. The number of thiazole rings is 1. The maximum Gasteiger partial charge on any atom is 0.243 e. The average Bonchev–Trinajstić information content (AvgIpc) is 3.10. The van der Waals surface area contributed by atoms with Gasteiger partial charge >= 0.3 is 0 Å². The first-order valence-electron chi connectivity index (χ1n) is 8.77. The fraction of sp³-hybridized carbons (Fsp3) is 0.250. The van der Waals surface area contributed by atoms with E-state index in [1.165, 1.54) is 0 Å². The second-order valence-electron chi connectivity index (χ2n) is 6.39. The molecular formula is C20H20N2O2S2. The lowest BCUT2D eigenvalue weighted by Crippen LogP contribution is -2.35. The van der Waals surface area contributed by atoms with E-state index >= 15 is 0 Å². The van der Waals surface area contributed by atoms with Crippen molar-refractivity contribution in [2.24, 2.45) is 0 Å². The summed E-state index contributed by atoms with van der Waals surface area (Å²) in [5.41, 5.74) is 1.96. The summed E-state index contributed by atoms with van der Waals surface area (Å²) >= 11 is 1.64. The zero-order valence-electron chi connectivity index (χ0n) is 14.3. The number of nitrogens with zero attached hydrogens (tertiary/aromatic N) is 2. The van der Waals surface area contributed by atoms with Gasteiger partial charge in [0.1, 0.15) is 5.01 Å². The molecule has 26 heavy (non-hydrogen) atoms. The predicted molar refractivity (Wildman–Crippen MR) is 108 cm³/mol. The summed E-state index contributed by atoms with van der Waals surface area (Å²) in [4.78, 5) is 4.95. The second kappa shape index (κ2) is 7.31. The van der Waals surface area contributed by atoms with Crippen LogP contribution < -0.4 is 0 Å². The Morgan fingerprint density at radius 1 is 0.923 bits per heavy atom. The van der Waals surface area contributed by atoms with Crippen LogP contribution in [0.15, 0.2) is 53.4 Å². The molecule has 4 rings (SSSR count). The topological polar surface area (TPSA) is 50.3 Å². The summed E-state index contributed by atoms with van der Waals surface area (Å²) < 4.78 is 28.1. The van der Waals surface area contributed by atoms with Crippen LogP contribution in [-0.2, 0) is 10.0 Å². The lowest BCUT2D eigenvalue weighted by atomic mass is 10.2. The lowest BCUT2D eigenvalue weighted by molar-refractivity contribution is 0.346. The molecule has 1 aliphatic heterocycles. The highest BCUT2D eigenvalue weighted by molar-refractivity contribution is 7.89. The summed E-state index contributed by atoms with van der Waals surface area (Å²) in [6.07, 6.45) is 6.94. The van der Waals surface area contributed by atoms with Gasteiger partial charge in [0.2, 0.25) is 10.0 Å². The summed E-state index contributed by atoms with van der Waals surface area (Å²) in [5.74, 6) is 0. The summed E-state index contributed by atoms with van der Waals surface area (Å²) in [6.45, 7) is 1.25. The Balaban J connectivity index is 1.52. The number of fused-ring (bicyclic) bond motifs is 1. The van der Waals surface area contributed by atoms with Crippen LogP contribution in [0.2, 0.25) is 0 Å². The average molecular weight is 385 g/mol. The van der Waals surface area contributed by atoms with E-state index in [-0.39, 0.29) is 0 Å². The Bertz CT molecular complexity index is 998. The molecule has 0 unspecified atom stereocenters. The van der Waals surface area contributed by atoms with Crippen molar-refractivity contribution in [3.05, 3.63) is 59.1 Å². The molecule has 1 saturated heterocycles. The minimum atomic E-state index is -3.36. The Hall–Kier alpha value is -2.02. The number of aromatic nitrogens is 1. The van der Waals surface area contributed by atoms with Crippen molar-refractivity contribution in [2.45, 2.75) is 24.2 Å². The molecule has 0 spiro atoms. The van der Waals surface area contributed by atoms with Crippen molar-refractivity contribution < 1.29 is 8.42 Å². The molecule has 4 nitrogen and oxygen atoms in total. The van der Waals surface area contributed by atoms with Crippen molar-refractivity contribution in [2.75, 3.05) is 13.1 Å². The van der Waals surface area contributed by atoms with Gasteiger partial charge in [-0.15, -0.1) is 11.3 Å². The largest absolute Gasteiger partial charge is 0.243 e. The van der Waals surface area contributed by atoms with E-state index in [4.69, 9.17) is 0 Å². The van der Waals surface area contributed by atoms with Gasteiger partial charge in [0, 0.05) is 13.1 Å². The van der Waals surface area contributed by atoms with E-state index in [0.717, 1.165) is 40.1 Å². The highest BCUT2D eigenvalue weighted by atomic mass is 32.2. The number of piperidine rings is 1. The minimum Gasteiger partial charge on any atom is -0.237 e. The van der Waals surface area contributed by atoms with Gasteiger partial charge in [-0.1, -0.05) is 36.8 Å². The first-order valence-corrected chi connectivity index (χ1v) is 11.0. The van der Waals surface area contributed by atoms with E-state index < -0.39 is 10.0 Å². The molecule has 0 atom stereocenters. The third kappa shape index (κ3) is 3.58. The van der Waals surface area contributed by atoms with Crippen LogP contribution in [0.5, 0.6) is 0 Å². The molecule has 1 aromatic heterocycles. The minimum absolute atomic E-state index is 0.372. The Labute approximate surface area is 157 Å². The van der Waals surface area contributed by atoms with E-state index in [0.29, 0.717) is 18.0 Å². The van der Waals surface area contributed by atoms with Gasteiger partial charge in [-0.25, -0.2) is 13.4 Å². The maximum atomic E-state index is 12.7. The van der Waals surface area contributed by atoms with Gasteiger partial charge in [-0.05, 0) is 48.7 Å². The fourth-order valence-corrected chi connectivity index (χ4v) is 5.52. The first kappa shape index (κ1) is 17.4. The van der Waals surface area contributed by atoms with E-state index in [1.54, 1.807) is 27.8 Å². The van der Waals surface area contributed by atoms with Crippen molar-refractivity contribution in [1.29, 1.82) is 0 Å². The molecule has 0 saturated carbocycles. The van der Waals surface area contributed by atoms with Crippen LogP contribution in [0.25, 0.3) is 22.4 Å². The van der Waals surface area contributed by atoms with Crippen LogP contribution in [0.3, 0.4) is 0 Å². The van der Waals surface area contributed by atoms with Gasteiger partial charge in [0.25, 0.3) is 0 Å². The van der Waals surface area contributed by atoms with Gasteiger partial charge in [0.05, 0.1) is 15.1 Å². The molecule has 3 aromatic rings. The number of rotatable bonds is 4. The Morgan fingerprint density at radius 2 is 1.65 bits per heavy atom. The maximum absolute atomic E-state index is 12.7. The smallest absolute Gasteiger partial charge is 0.237 e. The van der Waals surface area contributed by atoms with E-state index in [9.17, 15) is 8.42 Å². The summed E-state index contributed by atoms with van der Waals surface area (Å²) in [7, 11) is -3.36. The molecular weight excluding hydrogens is 364 g/mol. The van der Waals surface area contributed by atoms with E-state index in [1.807, 2.05) is 42.5 Å². The van der Waals surface area contributed by atoms with E-state index in [2.05, 4.69) is 11.1 Å². The van der Waals surface area contributed by atoms with Crippen LogP contribution in [0.1, 0.15) is 29.8 Å². The molecule has 6 heteroatoms. The first-order chi connectivity index (χ1) is 12.6. The van der Waals surface area contributed by atoms with Crippen LogP contribution >= 0.6 is 11.3 Å². The van der Waals surface area contributed by atoms with Crippen molar-refractivity contribution in [1.82, 2.24) is 9.29 Å². The third-order valence-electron chi connectivity index (χ3n) is 4.56. The zero-order chi connectivity index (χ0) is 18.0. The number of sulfonamides is 1. The van der Waals surface area contributed by atoms with Crippen LogP contribution in [-0.4, -0.2) is 30.8 Å². The number of benzene rings is 2. The predicted octanol–water partition coefficient (Wildman–Crippen LogP) is 4.64. The molecule has 0 radical (unpaired) electrons. The summed E-state index contributed by atoms with van der Waals surface area (Å²) in [6, 6.07) is 15.1. The molecule has 134 valence electrons. The number of hydrogen-bond donors (Lipinski definition) is 0. The third-order valence-corrected chi connectivity index (χ3v) is 7.48. The molecule has 2 aromatic carbocycles. The van der Waals surface area contributed by atoms with Crippen molar-refractivity contribution in [3.8, 4) is 0 Å². The van der Waals surface area contributed by atoms with Gasteiger partial charge in [0.15, 0.2) is 0 Å². The number of para-hydroxylation sites is 1. The molecule has 0 amide bonds. The molecule has 2 heterocycles. The van der Waals surface area contributed by atoms with Gasteiger partial charge < -0.3 is 0 Å². The van der Waals surface area contributed by atoms with Crippen LogP contribution in [0.4, 0.5) is 0 Å². The molecule has 1 aliphatic rings. The fourth-order valence-electron chi connectivity index (χ4n) is 3.13. The Morgan fingerprint density at radius 3 is 2.38 bits per heavy atom. The second-order valence-corrected chi connectivity index (χ2v) is 9.39. The quantitative estimate of drug-likeness (QED) is 0.658. The SMILES string of the molecule is O=S(=O)(c1ccc(/C=C/c2nc3ccccc3s2)cc1)N1CCCCC1. The molecule has 0 aliphatic carbocycles. The monoisotopic (exact) mass is 384 g/mol. The molecule has 0 N–H and O–H groups in total.